The lowest BCUT2D eigenvalue weighted by atomic mass is 10.1. The maximum Gasteiger partial charge on any atom is 0.291 e. The molecule has 0 atom stereocenters. The highest BCUT2D eigenvalue weighted by atomic mass is 35.5. The van der Waals surface area contributed by atoms with Crippen LogP contribution in [0.25, 0.3) is 5.69 Å². The van der Waals surface area contributed by atoms with Crippen molar-refractivity contribution in [2.24, 2.45) is 0 Å². The SMILES string of the molecule is O=c1c(Cl)c(Cl)cnn1-c1ccc(N2CCCCCCC2)c(Cl)c1. The van der Waals surface area contributed by atoms with Crippen LogP contribution in [0.4, 0.5) is 5.69 Å². The molecule has 0 N–H and O–H groups in total. The molecule has 1 aliphatic rings. The van der Waals surface area contributed by atoms with Crippen LogP contribution in [-0.4, -0.2) is 22.9 Å². The molecule has 1 aromatic carbocycles. The number of benzene rings is 1. The lowest BCUT2D eigenvalue weighted by Gasteiger charge is -2.28. The molecule has 128 valence electrons. The van der Waals surface area contributed by atoms with Crippen LogP contribution in [0, 0.1) is 0 Å². The number of aromatic nitrogens is 2. The van der Waals surface area contributed by atoms with Crippen molar-refractivity contribution in [2.45, 2.75) is 32.1 Å². The van der Waals surface area contributed by atoms with Crippen molar-refractivity contribution in [3.05, 3.63) is 49.8 Å². The minimum absolute atomic E-state index is 0.0457. The van der Waals surface area contributed by atoms with Gasteiger partial charge in [-0.2, -0.15) is 9.78 Å². The number of nitrogens with zero attached hydrogens (tertiary/aromatic N) is 3. The largest absolute Gasteiger partial charge is 0.370 e. The lowest BCUT2D eigenvalue weighted by Crippen LogP contribution is -2.27. The molecule has 1 saturated heterocycles. The topological polar surface area (TPSA) is 38.1 Å². The molecular formula is C17H18Cl3N3O. The zero-order valence-corrected chi connectivity index (χ0v) is 15.4. The molecule has 24 heavy (non-hydrogen) atoms. The van der Waals surface area contributed by atoms with Crippen molar-refractivity contribution in [3.8, 4) is 5.69 Å². The first-order valence-corrected chi connectivity index (χ1v) is 9.19. The molecule has 3 rings (SSSR count). The summed E-state index contributed by atoms with van der Waals surface area (Å²) >= 11 is 18.2. The molecular weight excluding hydrogens is 369 g/mol. The van der Waals surface area contributed by atoms with Gasteiger partial charge in [0.05, 0.1) is 27.6 Å². The summed E-state index contributed by atoms with van der Waals surface area (Å²) in [6.07, 6.45) is 7.53. The Balaban J connectivity index is 1.92. The van der Waals surface area contributed by atoms with Crippen LogP contribution in [0.1, 0.15) is 32.1 Å². The fourth-order valence-corrected chi connectivity index (χ4v) is 3.52. The van der Waals surface area contributed by atoms with Crippen LogP contribution in [0.5, 0.6) is 0 Å². The third-order valence-electron chi connectivity index (χ3n) is 4.25. The fraction of sp³-hybridized carbons (Fsp3) is 0.412. The van der Waals surface area contributed by atoms with E-state index in [-0.39, 0.29) is 10.0 Å². The Morgan fingerprint density at radius 2 is 1.58 bits per heavy atom. The van der Waals surface area contributed by atoms with Gasteiger partial charge in [-0.3, -0.25) is 4.79 Å². The van der Waals surface area contributed by atoms with E-state index in [0.717, 1.165) is 18.8 Å². The maximum atomic E-state index is 12.2. The first kappa shape index (κ1) is 17.6. The Bertz CT molecular complexity index is 783. The molecule has 0 spiro atoms. The van der Waals surface area contributed by atoms with E-state index in [9.17, 15) is 4.79 Å². The van der Waals surface area contributed by atoms with Crippen molar-refractivity contribution in [1.29, 1.82) is 0 Å². The number of anilines is 1. The van der Waals surface area contributed by atoms with Crippen LogP contribution >= 0.6 is 34.8 Å². The van der Waals surface area contributed by atoms with E-state index in [4.69, 9.17) is 34.8 Å². The van der Waals surface area contributed by atoms with Crippen molar-refractivity contribution in [3.63, 3.8) is 0 Å². The third-order valence-corrected chi connectivity index (χ3v) is 5.30. The van der Waals surface area contributed by atoms with Crippen molar-refractivity contribution in [1.82, 2.24) is 9.78 Å². The number of halogens is 3. The zero-order chi connectivity index (χ0) is 17.1. The Hall–Kier alpha value is -1.23. The normalized spacial score (nSPS) is 15.9. The maximum absolute atomic E-state index is 12.2. The molecule has 4 nitrogen and oxygen atoms in total. The van der Waals surface area contributed by atoms with Gasteiger partial charge in [0.2, 0.25) is 0 Å². The molecule has 0 radical (unpaired) electrons. The minimum Gasteiger partial charge on any atom is -0.370 e. The van der Waals surface area contributed by atoms with Crippen LogP contribution in [0.2, 0.25) is 15.1 Å². The predicted octanol–water partition coefficient (Wildman–Crippen LogP) is 4.96. The Kier molecular flexibility index (Phi) is 5.69. The molecule has 1 aromatic heterocycles. The molecule has 2 heterocycles. The molecule has 2 aromatic rings. The van der Waals surface area contributed by atoms with Gasteiger partial charge in [0.15, 0.2) is 0 Å². The van der Waals surface area contributed by atoms with Gasteiger partial charge in [0.1, 0.15) is 5.02 Å². The number of hydrogen-bond donors (Lipinski definition) is 0. The molecule has 0 aliphatic carbocycles. The average molecular weight is 387 g/mol. The minimum atomic E-state index is -0.459. The highest BCUT2D eigenvalue weighted by molar-refractivity contribution is 6.41. The Morgan fingerprint density at radius 3 is 2.25 bits per heavy atom. The second-order valence-corrected chi connectivity index (χ2v) is 7.11. The summed E-state index contributed by atoms with van der Waals surface area (Å²) in [6.45, 7) is 2.01. The smallest absolute Gasteiger partial charge is 0.291 e. The quantitative estimate of drug-likeness (QED) is 0.732. The molecule has 0 bridgehead atoms. The van der Waals surface area contributed by atoms with E-state index in [1.54, 1.807) is 6.07 Å². The standard InChI is InChI=1S/C17H18Cl3N3O/c18-13-10-12(23-17(24)16(20)14(19)11-21-23)6-7-15(13)22-8-4-2-1-3-5-9-22/h6-7,10-11H,1-5,8-9H2. The van der Waals surface area contributed by atoms with Crippen LogP contribution < -0.4 is 10.5 Å². The summed E-state index contributed by atoms with van der Waals surface area (Å²) in [5, 5.41) is 4.73. The fourth-order valence-electron chi connectivity index (χ4n) is 2.97. The van der Waals surface area contributed by atoms with Gasteiger partial charge in [-0.1, -0.05) is 54.1 Å². The Labute approximate surface area is 155 Å². The Morgan fingerprint density at radius 1 is 0.917 bits per heavy atom. The summed E-state index contributed by atoms with van der Waals surface area (Å²) in [4.78, 5) is 14.5. The van der Waals surface area contributed by atoms with Gasteiger partial charge < -0.3 is 4.90 Å². The van der Waals surface area contributed by atoms with Crippen molar-refractivity contribution in [2.75, 3.05) is 18.0 Å². The molecule has 0 unspecified atom stereocenters. The molecule has 0 amide bonds. The first-order chi connectivity index (χ1) is 11.6. The van der Waals surface area contributed by atoms with E-state index in [1.165, 1.54) is 43.0 Å². The lowest BCUT2D eigenvalue weighted by molar-refractivity contribution is 0.556. The van der Waals surface area contributed by atoms with Crippen molar-refractivity contribution < 1.29 is 0 Å². The molecule has 1 fully saturated rings. The molecule has 0 saturated carbocycles. The van der Waals surface area contributed by atoms with E-state index >= 15 is 0 Å². The second-order valence-electron chi connectivity index (χ2n) is 5.91. The summed E-state index contributed by atoms with van der Waals surface area (Å²) in [6, 6.07) is 5.52. The number of rotatable bonds is 2. The average Bonchev–Trinajstić information content (AvgIpc) is 2.53. The van der Waals surface area contributed by atoms with Crippen LogP contribution in [0.15, 0.2) is 29.2 Å². The summed E-state index contributed by atoms with van der Waals surface area (Å²) in [5.74, 6) is 0. The van der Waals surface area contributed by atoms with Gasteiger partial charge in [-0.05, 0) is 31.0 Å². The monoisotopic (exact) mass is 385 g/mol. The highest BCUT2D eigenvalue weighted by Crippen LogP contribution is 2.29. The van der Waals surface area contributed by atoms with Gasteiger partial charge in [-0.15, -0.1) is 0 Å². The third kappa shape index (κ3) is 3.71. The van der Waals surface area contributed by atoms with E-state index in [2.05, 4.69) is 10.00 Å². The predicted molar refractivity (Wildman–Crippen MR) is 100 cm³/mol. The molecule has 1 aliphatic heterocycles. The van der Waals surface area contributed by atoms with Gasteiger partial charge in [0.25, 0.3) is 5.56 Å². The zero-order valence-electron chi connectivity index (χ0n) is 13.1. The highest BCUT2D eigenvalue weighted by Gasteiger charge is 2.15. The van der Waals surface area contributed by atoms with Gasteiger partial charge in [-0.25, -0.2) is 0 Å². The van der Waals surface area contributed by atoms with Crippen molar-refractivity contribution >= 4 is 40.5 Å². The van der Waals surface area contributed by atoms with E-state index in [0.29, 0.717) is 10.7 Å². The van der Waals surface area contributed by atoms with Gasteiger partial charge >= 0.3 is 0 Å². The van der Waals surface area contributed by atoms with E-state index in [1.807, 2.05) is 12.1 Å². The summed E-state index contributed by atoms with van der Waals surface area (Å²) in [7, 11) is 0. The first-order valence-electron chi connectivity index (χ1n) is 8.06. The summed E-state index contributed by atoms with van der Waals surface area (Å²) in [5.41, 5.74) is 1.11. The van der Waals surface area contributed by atoms with Crippen LogP contribution in [-0.2, 0) is 0 Å². The second kappa shape index (κ2) is 7.77. The van der Waals surface area contributed by atoms with Gasteiger partial charge in [0, 0.05) is 13.1 Å². The van der Waals surface area contributed by atoms with E-state index < -0.39 is 5.56 Å². The summed E-state index contributed by atoms with van der Waals surface area (Å²) < 4.78 is 1.21. The van der Waals surface area contributed by atoms with Crippen LogP contribution in [0.3, 0.4) is 0 Å². The number of hydrogen-bond acceptors (Lipinski definition) is 3. The molecule has 7 heteroatoms.